The van der Waals surface area contributed by atoms with Gasteiger partial charge in [0.05, 0.1) is 18.0 Å². The smallest absolute Gasteiger partial charge is 0.317 e. The van der Waals surface area contributed by atoms with Gasteiger partial charge in [0.1, 0.15) is 5.75 Å². The number of nitrogens with one attached hydrogen (secondary N) is 1. The van der Waals surface area contributed by atoms with E-state index < -0.39 is 0 Å². The van der Waals surface area contributed by atoms with E-state index in [0.717, 1.165) is 20.5 Å². The summed E-state index contributed by atoms with van der Waals surface area (Å²) in [4.78, 5) is 14.7. The maximum atomic E-state index is 12.0. The van der Waals surface area contributed by atoms with Gasteiger partial charge in [-0.05, 0) is 29.8 Å². The van der Waals surface area contributed by atoms with Crippen molar-refractivity contribution in [2.24, 2.45) is 0 Å². The van der Waals surface area contributed by atoms with Gasteiger partial charge >= 0.3 is 6.03 Å². The highest BCUT2D eigenvalue weighted by atomic mass is 35.5. The van der Waals surface area contributed by atoms with Gasteiger partial charge in [-0.3, -0.25) is 0 Å². The summed E-state index contributed by atoms with van der Waals surface area (Å²) in [7, 11) is 3.38. The summed E-state index contributed by atoms with van der Waals surface area (Å²) in [6.45, 7) is 1.01. The number of urea groups is 1. The van der Waals surface area contributed by atoms with Gasteiger partial charge < -0.3 is 15.0 Å². The van der Waals surface area contributed by atoms with Crippen LogP contribution in [-0.4, -0.2) is 25.1 Å². The summed E-state index contributed by atoms with van der Waals surface area (Å²) in [6, 6.07) is 11.3. The molecule has 0 aliphatic rings. The Morgan fingerprint density at radius 2 is 2.19 bits per heavy atom. The highest BCUT2D eigenvalue weighted by Crippen LogP contribution is 2.22. The Morgan fingerprint density at radius 3 is 2.86 bits per heavy atom. The zero-order valence-electron chi connectivity index (χ0n) is 11.9. The first-order valence-corrected chi connectivity index (χ1v) is 7.64. The van der Waals surface area contributed by atoms with Crippen LogP contribution in [0.1, 0.15) is 10.4 Å². The molecule has 1 aromatic heterocycles. The average molecular weight is 325 g/mol. The fraction of sp³-hybridized carbons (Fsp3) is 0.267. The number of nitrogens with zero attached hydrogens (tertiary/aromatic N) is 1. The Bertz CT molecular complexity index is 615. The number of halogens is 1. The number of carbonyl (C=O) groups is 1. The van der Waals surface area contributed by atoms with Crippen molar-refractivity contribution in [1.29, 1.82) is 0 Å². The van der Waals surface area contributed by atoms with Crippen molar-refractivity contribution in [1.82, 2.24) is 10.2 Å². The van der Waals surface area contributed by atoms with Crippen LogP contribution in [0.25, 0.3) is 0 Å². The number of thiophene rings is 1. The summed E-state index contributed by atoms with van der Waals surface area (Å²) in [5.41, 5.74) is 0.996. The fourth-order valence-corrected chi connectivity index (χ4v) is 2.98. The molecule has 112 valence electrons. The Labute approximate surface area is 133 Å². The molecule has 4 nitrogen and oxygen atoms in total. The number of rotatable bonds is 5. The zero-order valence-corrected chi connectivity index (χ0v) is 13.5. The predicted octanol–water partition coefficient (Wildman–Crippen LogP) is 3.75. The molecule has 0 radical (unpaired) electrons. The van der Waals surface area contributed by atoms with E-state index in [1.54, 1.807) is 19.1 Å². The van der Waals surface area contributed by atoms with E-state index >= 15 is 0 Å². The van der Waals surface area contributed by atoms with Crippen LogP contribution < -0.4 is 10.1 Å². The monoisotopic (exact) mass is 324 g/mol. The number of methoxy groups -OCH3 is 1. The van der Waals surface area contributed by atoms with Crippen molar-refractivity contribution < 1.29 is 9.53 Å². The van der Waals surface area contributed by atoms with Gasteiger partial charge in [0.15, 0.2) is 0 Å². The van der Waals surface area contributed by atoms with Gasteiger partial charge in [0.2, 0.25) is 0 Å². The molecule has 0 aliphatic carbocycles. The predicted molar refractivity (Wildman–Crippen MR) is 86.0 cm³/mol. The molecule has 1 heterocycles. The van der Waals surface area contributed by atoms with Crippen molar-refractivity contribution in [3.05, 3.63) is 51.2 Å². The van der Waals surface area contributed by atoms with Crippen molar-refractivity contribution in [2.45, 2.75) is 13.1 Å². The minimum absolute atomic E-state index is 0.123. The molecule has 1 aromatic carbocycles. The second-order valence-electron chi connectivity index (χ2n) is 4.57. The Hall–Kier alpha value is -1.72. The Balaban J connectivity index is 1.85. The van der Waals surface area contributed by atoms with E-state index in [0.29, 0.717) is 13.1 Å². The molecular weight excluding hydrogens is 308 g/mol. The first kappa shape index (κ1) is 15.7. The quantitative estimate of drug-likeness (QED) is 0.910. The Kier molecular flexibility index (Phi) is 5.47. The van der Waals surface area contributed by atoms with Gasteiger partial charge in [-0.2, -0.15) is 0 Å². The molecule has 0 aliphatic heterocycles. The van der Waals surface area contributed by atoms with Gasteiger partial charge in [-0.15, -0.1) is 11.3 Å². The molecule has 2 amide bonds. The summed E-state index contributed by atoms with van der Waals surface area (Å²) < 4.78 is 5.89. The van der Waals surface area contributed by atoms with E-state index in [2.05, 4.69) is 5.32 Å². The third-order valence-electron chi connectivity index (χ3n) is 2.95. The van der Waals surface area contributed by atoms with Crippen LogP contribution in [0.15, 0.2) is 36.4 Å². The topological polar surface area (TPSA) is 41.6 Å². The molecule has 0 bridgehead atoms. The number of ether oxygens (including phenoxy) is 1. The highest BCUT2D eigenvalue weighted by molar-refractivity contribution is 7.16. The van der Waals surface area contributed by atoms with Crippen LogP contribution in [0.4, 0.5) is 4.79 Å². The SMILES string of the molecule is COc1cccc(CNC(=O)N(C)Cc2ccc(Cl)s2)c1. The lowest BCUT2D eigenvalue weighted by Crippen LogP contribution is -2.36. The molecule has 1 N–H and O–H groups in total. The highest BCUT2D eigenvalue weighted by Gasteiger charge is 2.10. The molecule has 0 spiro atoms. The summed E-state index contributed by atoms with van der Waals surface area (Å²) >= 11 is 7.36. The zero-order chi connectivity index (χ0) is 15.2. The fourth-order valence-electron chi connectivity index (χ4n) is 1.84. The van der Waals surface area contributed by atoms with E-state index in [9.17, 15) is 4.79 Å². The van der Waals surface area contributed by atoms with Crippen LogP contribution in [0.5, 0.6) is 5.75 Å². The minimum atomic E-state index is -0.123. The maximum Gasteiger partial charge on any atom is 0.317 e. The van der Waals surface area contributed by atoms with E-state index in [1.807, 2.05) is 36.4 Å². The van der Waals surface area contributed by atoms with Gasteiger partial charge in [-0.1, -0.05) is 23.7 Å². The summed E-state index contributed by atoms with van der Waals surface area (Å²) in [5.74, 6) is 0.781. The second-order valence-corrected chi connectivity index (χ2v) is 6.37. The van der Waals surface area contributed by atoms with E-state index in [4.69, 9.17) is 16.3 Å². The average Bonchev–Trinajstić information content (AvgIpc) is 2.90. The van der Waals surface area contributed by atoms with Crippen molar-refractivity contribution >= 4 is 29.0 Å². The van der Waals surface area contributed by atoms with E-state index in [-0.39, 0.29) is 6.03 Å². The molecule has 0 fully saturated rings. The lowest BCUT2D eigenvalue weighted by molar-refractivity contribution is 0.207. The lowest BCUT2D eigenvalue weighted by Gasteiger charge is -2.17. The van der Waals surface area contributed by atoms with Gasteiger partial charge in [0, 0.05) is 18.5 Å². The second kappa shape index (κ2) is 7.33. The third kappa shape index (κ3) is 4.65. The summed E-state index contributed by atoms with van der Waals surface area (Å²) in [6.07, 6.45) is 0. The number of amides is 2. The number of hydrogen-bond donors (Lipinski definition) is 1. The third-order valence-corrected chi connectivity index (χ3v) is 4.16. The van der Waals surface area contributed by atoms with Gasteiger partial charge in [0.25, 0.3) is 0 Å². The molecule has 0 saturated carbocycles. The summed E-state index contributed by atoms with van der Waals surface area (Å²) in [5, 5.41) is 2.88. The maximum absolute atomic E-state index is 12.0. The Morgan fingerprint density at radius 1 is 1.38 bits per heavy atom. The lowest BCUT2D eigenvalue weighted by atomic mass is 10.2. The van der Waals surface area contributed by atoms with Crippen molar-refractivity contribution in [2.75, 3.05) is 14.2 Å². The van der Waals surface area contributed by atoms with Crippen molar-refractivity contribution in [3.63, 3.8) is 0 Å². The largest absolute Gasteiger partial charge is 0.497 e. The van der Waals surface area contributed by atoms with Crippen LogP contribution in [0.3, 0.4) is 0 Å². The normalized spacial score (nSPS) is 10.2. The molecule has 0 atom stereocenters. The standard InChI is InChI=1S/C15H17ClN2O2S/c1-18(10-13-6-7-14(16)21-13)15(19)17-9-11-4-3-5-12(8-11)20-2/h3-8H,9-10H2,1-2H3,(H,17,19). The number of benzene rings is 1. The number of carbonyl (C=O) groups excluding carboxylic acids is 1. The van der Waals surface area contributed by atoms with Crippen LogP contribution >= 0.6 is 22.9 Å². The molecule has 21 heavy (non-hydrogen) atoms. The van der Waals surface area contributed by atoms with Gasteiger partial charge in [-0.25, -0.2) is 4.79 Å². The van der Waals surface area contributed by atoms with E-state index in [1.165, 1.54) is 11.3 Å². The van der Waals surface area contributed by atoms with Crippen LogP contribution in [0.2, 0.25) is 4.34 Å². The molecule has 6 heteroatoms. The first-order valence-electron chi connectivity index (χ1n) is 6.44. The molecule has 0 unspecified atom stereocenters. The van der Waals surface area contributed by atoms with Crippen molar-refractivity contribution in [3.8, 4) is 5.75 Å². The number of hydrogen-bond acceptors (Lipinski definition) is 3. The van der Waals surface area contributed by atoms with Crippen LogP contribution in [-0.2, 0) is 13.1 Å². The van der Waals surface area contributed by atoms with Crippen LogP contribution in [0, 0.1) is 0 Å². The molecule has 2 rings (SSSR count). The first-order chi connectivity index (χ1) is 10.1. The molecular formula is C15H17ClN2O2S. The minimum Gasteiger partial charge on any atom is -0.497 e. The molecule has 2 aromatic rings. The molecule has 0 saturated heterocycles.